The lowest BCUT2D eigenvalue weighted by atomic mass is 10.2. The summed E-state index contributed by atoms with van der Waals surface area (Å²) in [4.78, 5) is 2.10. The smallest absolute Gasteiger partial charge is 0.261 e. The van der Waals surface area contributed by atoms with Crippen LogP contribution in [0.3, 0.4) is 0 Å². The van der Waals surface area contributed by atoms with E-state index in [1.54, 1.807) is 30.3 Å². The molecule has 0 fully saturated rings. The number of nitriles is 1. The number of sulfonamides is 1. The lowest BCUT2D eigenvalue weighted by molar-refractivity contribution is 0.311. The van der Waals surface area contributed by atoms with Crippen LogP contribution in [0.15, 0.2) is 47.4 Å². The van der Waals surface area contributed by atoms with Gasteiger partial charge in [0.1, 0.15) is 12.4 Å². The summed E-state index contributed by atoms with van der Waals surface area (Å²) in [5.41, 5.74) is 1.49. The van der Waals surface area contributed by atoms with E-state index in [2.05, 4.69) is 4.72 Å². The first kappa shape index (κ1) is 15.2. The van der Waals surface area contributed by atoms with Crippen molar-refractivity contribution in [3.05, 3.63) is 48.0 Å². The topological polar surface area (TPSA) is 82.4 Å². The van der Waals surface area contributed by atoms with Gasteiger partial charge in [-0.15, -0.1) is 0 Å². The van der Waals surface area contributed by atoms with Crippen molar-refractivity contribution in [1.82, 2.24) is 0 Å². The van der Waals surface area contributed by atoms with Gasteiger partial charge in [-0.05, 0) is 36.4 Å². The number of nitrogens with zero attached hydrogens (tertiary/aromatic N) is 2. The second kappa shape index (κ2) is 5.82. The van der Waals surface area contributed by atoms with Crippen LogP contribution in [-0.4, -0.2) is 28.6 Å². The van der Waals surface area contributed by atoms with Gasteiger partial charge in [-0.1, -0.05) is 6.07 Å². The number of hydrogen-bond acceptors (Lipinski definition) is 5. The van der Waals surface area contributed by atoms with Gasteiger partial charge < -0.3 is 9.64 Å². The average Bonchev–Trinajstić information content (AvgIpc) is 2.54. The highest BCUT2D eigenvalue weighted by Gasteiger charge is 2.20. The van der Waals surface area contributed by atoms with Crippen LogP contribution in [-0.2, 0) is 10.0 Å². The lowest BCUT2D eigenvalue weighted by Gasteiger charge is -2.28. The first-order valence-electron chi connectivity index (χ1n) is 7.00. The van der Waals surface area contributed by atoms with Crippen molar-refractivity contribution < 1.29 is 13.2 Å². The minimum absolute atomic E-state index is 0.149. The highest BCUT2D eigenvalue weighted by atomic mass is 32.2. The van der Waals surface area contributed by atoms with Crippen molar-refractivity contribution in [2.24, 2.45) is 0 Å². The highest BCUT2D eigenvalue weighted by Crippen LogP contribution is 2.33. The predicted molar refractivity (Wildman–Crippen MR) is 87.2 cm³/mol. The Morgan fingerprint density at radius 2 is 2.09 bits per heavy atom. The van der Waals surface area contributed by atoms with Gasteiger partial charge in [-0.3, -0.25) is 4.72 Å². The van der Waals surface area contributed by atoms with Crippen LogP contribution in [0.5, 0.6) is 5.75 Å². The second-order valence-electron chi connectivity index (χ2n) is 5.20. The Morgan fingerprint density at radius 1 is 1.26 bits per heavy atom. The van der Waals surface area contributed by atoms with Crippen LogP contribution in [0.1, 0.15) is 5.56 Å². The fraction of sp³-hybridized carbons (Fsp3) is 0.188. The Bertz CT molecular complexity index is 888. The molecular formula is C16H15N3O3S. The molecule has 0 bridgehead atoms. The Labute approximate surface area is 135 Å². The molecule has 0 saturated heterocycles. The van der Waals surface area contributed by atoms with Crippen LogP contribution < -0.4 is 14.4 Å². The monoisotopic (exact) mass is 329 g/mol. The number of hydrogen-bond donors (Lipinski definition) is 1. The summed E-state index contributed by atoms with van der Waals surface area (Å²) in [6, 6.07) is 13.1. The summed E-state index contributed by atoms with van der Waals surface area (Å²) in [5, 5.41) is 8.89. The minimum Gasteiger partial charge on any atom is -0.490 e. The molecule has 0 aliphatic carbocycles. The normalized spacial score (nSPS) is 13.7. The van der Waals surface area contributed by atoms with E-state index in [0.29, 0.717) is 30.2 Å². The molecule has 0 radical (unpaired) electrons. The maximum atomic E-state index is 12.5. The van der Waals surface area contributed by atoms with Crippen molar-refractivity contribution in [2.45, 2.75) is 4.90 Å². The number of likely N-dealkylation sites (N-methyl/N-ethyl adjacent to an activating group) is 1. The van der Waals surface area contributed by atoms with E-state index in [1.165, 1.54) is 12.1 Å². The van der Waals surface area contributed by atoms with E-state index in [0.717, 1.165) is 5.69 Å². The Hall–Kier alpha value is -2.72. The molecule has 0 unspecified atom stereocenters. The molecule has 1 N–H and O–H groups in total. The summed E-state index contributed by atoms with van der Waals surface area (Å²) in [7, 11) is -1.85. The molecule has 1 heterocycles. The van der Waals surface area contributed by atoms with Gasteiger partial charge in [-0.2, -0.15) is 5.26 Å². The molecule has 2 aromatic rings. The third kappa shape index (κ3) is 3.07. The SMILES string of the molecule is CN1CCOc2ccc(S(=O)(=O)Nc3cccc(C#N)c3)cc21. The molecule has 0 atom stereocenters. The fourth-order valence-electron chi connectivity index (χ4n) is 2.36. The predicted octanol–water partition coefficient (Wildman–Crippen LogP) is 2.19. The summed E-state index contributed by atoms with van der Waals surface area (Å²) >= 11 is 0. The van der Waals surface area contributed by atoms with Gasteiger partial charge in [0.25, 0.3) is 10.0 Å². The third-order valence-electron chi connectivity index (χ3n) is 3.58. The molecule has 3 rings (SSSR count). The average molecular weight is 329 g/mol. The molecule has 1 aliphatic rings. The zero-order valence-corrected chi connectivity index (χ0v) is 13.3. The van der Waals surface area contributed by atoms with Crippen molar-refractivity contribution in [1.29, 1.82) is 5.26 Å². The van der Waals surface area contributed by atoms with Crippen LogP contribution in [0.25, 0.3) is 0 Å². The second-order valence-corrected chi connectivity index (χ2v) is 6.88. The fourth-order valence-corrected chi connectivity index (χ4v) is 3.43. The Balaban J connectivity index is 1.94. The number of fused-ring (bicyclic) bond motifs is 1. The van der Waals surface area contributed by atoms with Crippen LogP contribution in [0, 0.1) is 11.3 Å². The number of anilines is 2. The van der Waals surface area contributed by atoms with Gasteiger partial charge in [0.15, 0.2) is 0 Å². The van der Waals surface area contributed by atoms with E-state index in [4.69, 9.17) is 10.00 Å². The molecular weight excluding hydrogens is 314 g/mol. The van der Waals surface area contributed by atoms with Crippen molar-refractivity contribution >= 4 is 21.4 Å². The summed E-state index contributed by atoms with van der Waals surface area (Å²) < 4.78 is 33.1. The van der Waals surface area contributed by atoms with Crippen molar-refractivity contribution in [3.63, 3.8) is 0 Å². The largest absolute Gasteiger partial charge is 0.490 e. The minimum atomic E-state index is -3.74. The molecule has 0 saturated carbocycles. The Kier molecular flexibility index (Phi) is 3.84. The lowest BCUT2D eigenvalue weighted by Crippen LogP contribution is -2.29. The number of benzene rings is 2. The number of ether oxygens (including phenoxy) is 1. The van der Waals surface area contributed by atoms with Crippen LogP contribution in [0.4, 0.5) is 11.4 Å². The molecule has 0 amide bonds. The molecule has 118 valence electrons. The van der Waals surface area contributed by atoms with Gasteiger partial charge in [-0.25, -0.2) is 8.42 Å². The summed E-state index contributed by atoms with van der Waals surface area (Å²) in [5.74, 6) is 0.671. The molecule has 6 nitrogen and oxygen atoms in total. The highest BCUT2D eigenvalue weighted by molar-refractivity contribution is 7.92. The van der Waals surface area contributed by atoms with E-state index in [1.807, 2.05) is 18.0 Å². The number of rotatable bonds is 3. The van der Waals surface area contributed by atoms with E-state index in [9.17, 15) is 8.42 Å². The van der Waals surface area contributed by atoms with E-state index < -0.39 is 10.0 Å². The third-order valence-corrected chi connectivity index (χ3v) is 4.96. The maximum Gasteiger partial charge on any atom is 0.261 e. The van der Waals surface area contributed by atoms with Gasteiger partial charge in [0.2, 0.25) is 0 Å². The maximum absolute atomic E-state index is 12.5. The van der Waals surface area contributed by atoms with Crippen molar-refractivity contribution in [3.8, 4) is 11.8 Å². The quantitative estimate of drug-likeness (QED) is 0.933. The van der Waals surface area contributed by atoms with Crippen LogP contribution >= 0.6 is 0 Å². The van der Waals surface area contributed by atoms with Gasteiger partial charge >= 0.3 is 0 Å². The van der Waals surface area contributed by atoms with E-state index in [-0.39, 0.29) is 4.90 Å². The first-order chi connectivity index (χ1) is 11.0. The van der Waals surface area contributed by atoms with Gasteiger partial charge in [0, 0.05) is 7.05 Å². The zero-order chi connectivity index (χ0) is 16.4. The summed E-state index contributed by atoms with van der Waals surface area (Å²) in [6.45, 7) is 1.28. The van der Waals surface area contributed by atoms with Crippen molar-refractivity contribution in [2.75, 3.05) is 29.8 Å². The molecule has 2 aromatic carbocycles. The molecule has 0 spiro atoms. The Morgan fingerprint density at radius 3 is 2.87 bits per heavy atom. The summed E-state index contributed by atoms with van der Waals surface area (Å²) in [6.07, 6.45) is 0. The number of nitrogens with one attached hydrogen (secondary N) is 1. The van der Waals surface area contributed by atoms with E-state index >= 15 is 0 Å². The molecule has 0 aromatic heterocycles. The molecule has 1 aliphatic heterocycles. The zero-order valence-electron chi connectivity index (χ0n) is 12.5. The first-order valence-corrected chi connectivity index (χ1v) is 8.49. The van der Waals surface area contributed by atoms with Crippen LogP contribution in [0.2, 0.25) is 0 Å². The molecule has 23 heavy (non-hydrogen) atoms. The van der Waals surface area contributed by atoms with Gasteiger partial charge in [0.05, 0.1) is 34.4 Å². The standard InChI is InChI=1S/C16H15N3O3S/c1-19-7-8-22-16-6-5-14(10-15(16)19)23(20,21)18-13-4-2-3-12(9-13)11-17/h2-6,9-10,18H,7-8H2,1H3. The molecule has 7 heteroatoms.